The van der Waals surface area contributed by atoms with Crippen LogP contribution in [0.4, 0.5) is 0 Å². The van der Waals surface area contributed by atoms with E-state index in [1.54, 1.807) is 26.2 Å². The molecule has 0 spiro atoms. The molecule has 0 aromatic carbocycles. The summed E-state index contributed by atoms with van der Waals surface area (Å²) in [5.74, 6) is 6.25. The summed E-state index contributed by atoms with van der Waals surface area (Å²) < 4.78 is 10.0. The third-order valence-electron chi connectivity index (χ3n) is 6.11. The fourth-order valence-electron chi connectivity index (χ4n) is 5.78. The Morgan fingerprint density at radius 3 is 2.21 bits per heavy atom. The van der Waals surface area contributed by atoms with Crippen LogP contribution in [0, 0.1) is 35.5 Å². The number of hydrogen-bond acceptors (Lipinski definition) is 2. The maximum absolute atomic E-state index is 5.72. The molecule has 2 nitrogen and oxygen atoms in total. The average Bonchev–Trinajstić information content (AvgIpc) is 3.17. The number of ether oxygens (including phenoxy) is 2. The SMILES string of the molecule is C=COC.C=COC1CC2CC1C1C3CCC(C3)C21. The van der Waals surface area contributed by atoms with Crippen molar-refractivity contribution in [1.82, 2.24) is 0 Å². The molecule has 0 aliphatic heterocycles. The molecule has 4 fully saturated rings. The molecule has 0 aromatic rings. The summed E-state index contributed by atoms with van der Waals surface area (Å²) in [6.45, 7) is 6.98. The molecular formula is C17H26O2. The molecule has 0 N–H and O–H groups in total. The monoisotopic (exact) mass is 262 g/mol. The lowest BCUT2D eigenvalue weighted by atomic mass is 9.70. The van der Waals surface area contributed by atoms with Gasteiger partial charge in [-0.1, -0.05) is 13.2 Å². The van der Waals surface area contributed by atoms with Crippen LogP contribution in [0.1, 0.15) is 32.1 Å². The summed E-state index contributed by atoms with van der Waals surface area (Å²) in [4.78, 5) is 0. The standard InChI is InChI=1S/C14H20O.C3H6O/c1-2-15-12-7-10-6-11(12)14-9-4-3-8(5-9)13(10)14;1-3-4-2/h2,8-14H,1,3-7H2;3H,1H2,2H3. The molecule has 0 aromatic heterocycles. The lowest BCUT2D eigenvalue weighted by Gasteiger charge is -2.38. The van der Waals surface area contributed by atoms with Gasteiger partial charge in [0.2, 0.25) is 0 Å². The first-order valence-electron chi connectivity index (χ1n) is 7.70. The Morgan fingerprint density at radius 1 is 0.895 bits per heavy atom. The van der Waals surface area contributed by atoms with Gasteiger partial charge in [0.15, 0.2) is 0 Å². The Hall–Kier alpha value is -0.920. The number of fused-ring (bicyclic) bond motifs is 9. The normalized spacial score (nSPS) is 48.2. The molecule has 106 valence electrons. The van der Waals surface area contributed by atoms with Gasteiger partial charge in [0.1, 0.15) is 6.10 Å². The topological polar surface area (TPSA) is 18.5 Å². The molecule has 0 radical (unpaired) electrons. The van der Waals surface area contributed by atoms with E-state index >= 15 is 0 Å². The van der Waals surface area contributed by atoms with Crippen molar-refractivity contribution >= 4 is 0 Å². The van der Waals surface area contributed by atoms with Crippen LogP contribution in [0.2, 0.25) is 0 Å². The molecule has 4 saturated carbocycles. The van der Waals surface area contributed by atoms with E-state index in [1.807, 2.05) is 0 Å². The van der Waals surface area contributed by atoms with E-state index in [-0.39, 0.29) is 0 Å². The van der Waals surface area contributed by atoms with Gasteiger partial charge in [-0.2, -0.15) is 0 Å². The van der Waals surface area contributed by atoms with Gasteiger partial charge in [0.25, 0.3) is 0 Å². The van der Waals surface area contributed by atoms with Crippen LogP contribution in [0.25, 0.3) is 0 Å². The fraction of sp³-hybridized carbons (Fsp3) is 0.765. The van der Waals surface area contributed by atoms with E-state index in [2.05, 4.69) is 17.9 Å². The van der Waals surface area contributed by atoms with Gasteiger partial charge in [0.05, 0.1) is 19.6 Å². The minimum atomic E-state index is 0.535. The number of hydrogen-bond donors (Lipinski definition) is 0. The largest absolute Gasteiger partial charge is 0.505 e. The van der Waals surface area contributed by atoms with Crippen molar-refractivity contribution < 1.29 is 9.47 Å². The lowest BCUT2D eigenvalue weighted by Crippen LogP contribution is -2.35. The van der Waals surface area contributed by atoms with E-state index in [1.165, 1.54) is 25.5 Å². The third-order valence-corrected chi connectivity index (χ3v) is 6.11. The van der Waals surface area contributed by atoms with E-state index < -0.39 is 0 Å². The maximum atomic E-state index is 5.72. The van der Waals surface area contributed by atoms with Gasteiger partial charge in [-0.25, -0.2) is 0 Å². The molecular weight excluding hydrogens is 236 g/mol. The predicted molar refractivity (Wildman–Crippen MR) is 76.3 cm³/mol. The van der Waals surface area contributed by atoms with E-state index in [4.69, 9.17) is 4.74 Å². The van der Waals surface area contributed by atoms with Crippen LogP contribution >= 0.6 is 0 Å². The van der Waals surface area contributed by atoms with Gasteiger partial charge in [-0.3, -0.25) is 0 Å². The molecule has 7 unspecified atom stereocenters. The van der Waals surface area contributed by atoms with Crippen LogP contribution in [0.15, 0.2) is 25.7 Å². The third kappa shape index (κ3) is 2.00. The molecule has 0 amide bonds. The quantitative estimate of drug-likeness (QED) is 0.565. The molecule has 2 heteroatoms. The van der Waals surface area contributed by atoms with E-state index in [0.717, 1.165) is 35.5 Å². The van der Waals surface area contributed by atoms with Crippen molar-refractivity contribution in [2.24, 2.45) is 35.5 Å². The van der Waals surface area contributed by atoms with Crippen LogP contribution in [0.3, 0.4) is 0 Å². The fourth-order valence-corrected chi connectivity index (χ4v) is 5.78. The van der Waals surface area contributed by atoms with Gasteiger partial charge in [-0.05, 0) is 67.6 Å². The van der Waals surface area contributed by atoms with Crippen LogP contribution in [-0.2, 0) is 9.47 Å². The molecule has 4 aliphatic rings. The Balaban J connectivity index is 0.000000247. The molecule has 4 rings (SSSR count). The van der Waals surface area contributed by atoms with E-state index in [9.17, 15) is 0 Å². The Bertz CT molecular complexity index is 351. The van der Waals surface area contributed by atoms with Crippen molar-refractivity contribution in [1.29, 1.82) is 0 Å². The zero-order chi connectivity index (χ0) is 13.4. The van der Waals surface area contributed by atoms with Crippen molar-refractivity contribution in [2.45, 2.75) is 38.2 Å². The van der Waals surface area contributed by atoms with Crippen molar-refractivity contribution in [3.63, 3.8) is 0 Å². The first-order valence-corrected chi connectivity index (χ1v) is 7.70. The number of methoxy groups -OCH3 is 1. The molecule has 4 aliphatic carbocycles. The molecule has 4 bridgehead atoms. The lowest BCUT2D eigenvalue weighted by molar-refractivity contribution is 0.0188. The summed E-state index contributed by atoms with van der Waals surface area (Å²) in [6.07, 6.45) is 11.0. The first kappa shape index (κ1) is 13.1. The molecule has 7 atom stereocenters. The zero-order valence-electron chi connectivity index (χ0n) is 12.0. The zero-order valence-corrected chi connectivity index (χ0v) is 12.0. The highest BCUT2D eigenvalue weighted by Gasteiger charge is 2.62. The smallest absolute Gasteiger partial charge is 0.101 e. The average molecular weight is 262 g/mol. The molecule has 0 saturated heterocycles. The van der Waals surface area contributed by atoms with Crippen molar-refractivity contribution in [3.05, 3.63) is 25.7 Å². The van der Waals surface area contributed by atoms with Crippen LogP contribution < -0.4 is 0 Å². The minimum Gasteiger partial charge on any atom is -0.505 e. The van der Waals surface area contributed by atoms with Gasteiger partial charge in [-0.15, -0.1) is 0 Å². The Labute approximate surface area is 116 Å². The Morgan fingerprint density at radius 2 is 1.58 bits per heavy atom. The number of rotatable bonds is 3. The highest BCUT2D eigenvalue weighted by atomic mass is 16.5. The highest BCUT2D eigenvalue weighted by molar-refractivity contribution is 5.11. The highest BCUT2D eigenvalue weighted by Crippen LogP contribution is 2.67. The predicted octanol–water partition coefficient (Wildman–Crippen LogP) is 3.99. The van der Waals surface area contributed by atoms with Crippen molar-refractivity contribution in [3.8, 4) is 0 Å². The van der Waals surface area contributed by atoms with Crippen molar-refractivity contribution in [2.75, 3.05) is 7.11 Å². The van der Waals surface area contributed by atoms with Gasteiger partial charge >= 0.3 is 0 Å². The second kappa shape index (κ2) is 5.22. The maximum Gasteiger partial charge on any atom is 0.101 e. The second-order valence-corrected chi connectivity index (χ2v) is 6.63. The summed E-state index contributed by atoms with van der Waals surface area (Å²) in [5.41, 5.74) is 0. The molecule has 0 heterocycles. The second-order valence-electron chi connectivity index (χ2n) is 6.63. The first-order chi connectivity index (χ1) is 9.30. The van der Waals surface area contributed by atoms with Crippen LogP contribution in [0.5, 0.6) is 0 Å². The minimum absolute atomic E-state index is 0.535. The summed E-state index contributed by atoms with van der Waals surface area (Å²) in [6, 6.07) is 0. The summed E-state index contributed by atoms with van der Waals surface area (Å²) in [5, 5.41) is 0. The summed E-state index contributed by atoms with van der Waals surface area (Å²) in [7, 11) is 1.56. The Kier molecular flexibility index (Phi) is 3.60. The molecule has 19 heavy (non-hydrogen) atoms. The van der Waals surface area contributed by atoms with Gasteiger partial charge < -0.3 is 9.47 Å². The summed E-state index contributed by atoms with van der Waals surface area (Å²) >= 11 is 0. The van der Waals surface area contributed by atoms with Crippen LogP contribution in [-0.4, -0.2) is 13.2 Å². The van der Waals surface area contributed by atoms with Gasteiger partial charge in [0, 0.05) is 0 Å². The van der Waals surface area contributed by atoms with E-state index in [0.29, 0.717) is 6.10 Å².